The van der Waals surface area contributed by atoms with Crippen LogP contribution < -0.4 is 4.74 Å². The average molecular weight is 369 g/mol. The van der Waals surface area contributed by atoms with Crippen LogP contribution in [0.15, 0.2) is 41.8 Å². The maximum atomic E-state index is 13.6. The number of amides is 1. The molecule has 0 aliphatic carbocycles. The number of likely N-dealkylation sites (tertiary alicyclic amines) is 1. The third-order valence-corrected chi connectivity index (χ3v) is 7.53. The van der Waals surface area contributed by atoms with Gasteiger partial charge in [-0.05, 0) is 43.3 Å². The summed E-state index contributed by atoms with van der Waals surface area (Å²) in [5.74, 6) is 1.65. The van der Waals surface area contributed by atoms with E-state index in [2.05, 4.69) is 33.4 Å². The van der Waals surface area contributed by atoms with Crippen molar-refractivity contribution in [1.82, 2.24) is 9.80 Å². The number of hydrogen-bond acceptors (Lipinski definition) is 4. The van der Waals surface area contributed by atoms with Crippen molar-refractivity contribution in [2.24, 2.45) is 5.92 Å². The number of carbonyl (C=O) groups excluding carboxylic acids is 1. The van der Waals surface area contributed by atoms with E-state index in [1.165, 1.54) is 4.88 Å². The molecule has 2 aromatic rings. The van der Waals surface area contributed by atoms with Gasteiger partial charge >= 0.3 is 0 Å². The Morgan fingerprint density at radius 3 is 2.96 bits per heavy atom. The van der Waals surface area contributed by atoms with Crippen LogP contribution in [0, 0.1) is 5.92 Å². The molecule has 4 nitrogen and oxygen atoms in total. The molecule has 136 valence electrons. The number of thiophene rings is 1. The predicted octanol–water partition coefficient (Wildman–Crippen LogP) is 3.69. The van der Waals surface area contributed by atoms with Crippen molar-refractivity contribution in [3.63, 3.8) is 0 Å². The van der Waals surface area contributed by atoms with E-state index in [9.17, 15) is 4.79 Å². The standard InChI is InChI=1S/C21H24N2O2S/c1-25-18-7-3-2-6-15(18)13-22-14-16-12-17(19-8-4-11-26-19)23-10-5-9-21(16,23)20(22)24/h2-4,6-8,11,16-17H,5,9-10,12-14H2,1H3/t16-,17-,21-/m0/s1. The van der Waals surface area contributed by atoms with Gasteiger partial charge in [0.1, 0.15) is 11.3 Å². The number of carbonyl (C=O) groups is 1. The molecule has 3 saturated heterocycles. The van der Waals surface area contributed by atoms with Gasteiger partial charge in [0.05, 0.1) is 7.11 Å². The van der Waals surface area contributed by atoms with Crippen molar-refractivity contribution in [2.45, 2.75) is 37.4 Å². The van der Waals surface area contributed by atoms with Gasteiger partial charge in [-0.2, -0.15) is 0 Å². The van der Waals surface area contributed by atoms with Gasteiger partial charge in [0.2, 0.25) is 5.91 Å². The number of hydrogen-bond donors (Lipinski definition) is 0. The van der Waals surface area contributed by atoms with E-state index in [4.69, 9.17) is 4.74 Å². The Hall–Kier alpha value is -1.85. The number of methoxy groups -OCH3 is 1. The second kappa shape index (κ2) is 6.10. The van der Waals surface area contributed by atoms with Crippen LogP contribution in [0.1, 0.15) is 35.7 Å². The lowest BCUT2D eigenvalue weighted by Gasteiger charge is -2.33. The molecule has 3 aliphatic rings. The summed E-state index contributed by atoms with van der Waals surface area (Å²) in [6.07, 6.45) is 3.25. The van der Waals surface area contributed by atoms with Crippen LogP contribution in [0.2, 0.25) is 0 Å². The first kappa shape index (κ1) is 16.3. The van der Waals surface area contributed by atoms with Crippen LogP contribution >= 0.6 is 11.3 Å². The Bertz CT molecular complexity index is 821. The smallest absolute Gasteiger partial charge is 0.243 e. The summed E-state index contributed by atoms with van der Waals surface area (Å²) in [4.78, 5) is 19.6. The second-order valence-electron chi connectivity index (χ2n) is 7.68. The lowest BCUT2D eigenvalue weighted by molar-refractivity contribution is -0.137. The minimum absolute atomic E-state index is 0.253. The molecule has 0 N–H and O–H groups in total. The predicted molar refractivity (Wildman–Crippen MR) is 102 cm³/mol. The normalized spacial score (nSPS) is 30.7. The van der Waals surface area contributed by atoms with Crippen molar-refractivity contribution in [3.05, 3.63) is 52.2 Å². The molecule has 4 heterocycles. The Balaban J connectivity index is 1.43. The first-order chi connectivity index (χ1) is 12.7. The van der Waals surface area contributed by atoms with E-state index in [1.54, 1.807) is 7.11 Å². The Kier molecular flexibility index (Phi) is 3.83. The lowest BCUT2D eigenvalue weighted by Crippen LogP contribution is -2.49. The van der Waals surface area contributed by atoms with Gasteiger partial charge in [0, 0.05) is 35.5 Å². The van der Waals surface area contributed by atoms with Crippen molar-refractivity contribution >= 4 is 17.2 Å². The third kappa shape index (κ3) is 2.20. The molecule has 0 saturated carbocycles. The van der Waals surface area contributed by atoms with Crippen LogP contribution in [0.5, 0.6) is 5.75 Å². The summed E-state index contributed by atoms with van der Waals surface area (Å²) in [7, 11) is 1.70. The zero-order valence-electron chi connectivity index (χ0n) is 15.1. The van der Waals surface area contributed by atoms with Crippen molar-refractivity contribution < 1.29 is 9.53 Å². The van der Waals surface area contributed by atoms with Gasteiger partial charge in [-0.15, -0.1) is 11.3 Å². The molecule has 3 fully saturated rings. The van der Waals surface area contributed by atoms with E-state index in [0.717, 1.165) is 43.7 Å². The van der Waals surface area contributed by atoms with Gasteiger partial charge in [0.15, 0.2) is 0 Å². The van der Waals surface area contributed by atoms with Gasteiger partial charge in [0.25, 0.3) is 0 Å². The fourth-order valence-electron chi connectivity index (χ4n) is 5.51. The Morgan fingerprint density at radius 2 is 2.15 bits per heavy atom. The van der Waals surface area contributed by atoms with Crippen LogP contribution in [0.4, 0.5) is 0 Å². The van der Waals surface area contributed by atoms with E-state index in [-0.39, 0.29) is 5.54 Å². The zero-order chi connectivity index (χ0) is 17.7. The molecule has 0 radical (unpaired) electrons. The molecule has 5 rings (SSSR count). The summed E-state index contributed by atoms with van der Waals surface area (Å²) < 4.78 is 5.49. The molecule has 0 bridgehead atoms. The highest BCUT2D eigenvalue weighted by molar-refractivity contribution is 7.10. The second-order valence-corrected chi connectivity index (χ2v) is 8.66. The van der Waals surface area contributed by atoms with Gasteiger partial charge in [-0.1, -0.05) is 24.3 Å². The van der Waals surface area contributed by atoms with Crippen molar-refractivity contribution in [1.29, 1.82) is 0 Å². The molecule has 3 atom stereocenters. The van der Waals surface area contributed by atoms with E-state index < -0.39 is 0 Å². The molecule has 0 unspecified atom stereocenters. The minimum Gasteiger partial charge on any atom is -0.496 e. The summed E-state index contributed by atoms with van der Waals surface area (Å²) in [6.45, 7) is 2.57. The number of para-hydroxylation sites is 1. The molecule has 26 heavy (non-hydrogen) atoms. The van der Waals surface area contributed by atoms with Crippen LogP contribution in [0.25, 0.3) is 0 Å². The summed E-state index contributed by atoms with van der Waals surface area (Å²) in [5, 5.41) is 2.15. The Morgan fingerprint density at radius 1 is 1.27 bits per heavy atom. The summed E-state index contributed by atoms with van der Waals surface area (Å²) >= 11 is 1.83. The van der Waals surface area contributed by atoms with Crippen molar-refractivity contribution in [2.75, 3.05) is 20.2 Å². The van der Waals surface area contributed by atoms with Gasteiger partial charge in [-0.3, -0.25) is 9.69 Å². The molecule has 1 aromatic heterocycles. The van der Waals surface area contributed by atoms with E-state index in [1.807, 2.05) is 29.5 Å². The molecular formula is C21H24N2O2S. The molecule has 1 spiro atoms. The van der Waals surface area contributed by atoms with E-state index >= 15 is 0 Å². The topological polar surface area (TPSA) is 32.8 Å². The monoisotopic (exact) mass is 368 g/mol. The highest BCUT2D eigenvalue weighted by atomic mass is 32.1. The van der Waals surface area contributed by atoms with Crippen LogP contribution in [0.3, 0.4) is 0 Å². The van der Waals surface area contributed by atoms with Crippen LogP contribution in [-0.4, -0.2) is 41.4 Å². The first-order valence-electron chi connectivity index (χ1n) is 9.45. The fraction of sp³-hybridized carbons (Fsp3) is 0.476. The summed E-state index contributed by atoms with van der Waals surface area (Å²) in [6, 6.07) is 12.8. The zero-order valence-corrected chi connectivity index (χ0v) is 15.9. The number of ether oxygens (including phenoxy) is 1. The SMILES string of the molecule is COc1ccccc1CN1C[C@@H]2C[C@@H](c3cccs3)N3CCC[C@@]23C1=O. The number of benzene rings is 1. The first-order valence-corrected chi connectivity index (χ1v) is 10.3. The lowest BCUT2D eigenvalue weighted by atomic mass is 9.85. The number of rotatable bonds is 4. The Labute approximate surface area is 158 Å². The number of nitrogens with zero attached hydrogens (tertiary/aromatic N) is 2. The van der Waals surface area contributed by atoms with Gasteiger partial charge < -0.3 is 9.64 Å². The fourth-order valence-corrected chi connectivity index (χ4v) is 6.36. The largest absolute Gasteiger partial charge is 0.496 e. The van der Waals surface area contributed by atoms with Gasteiger partial charge in [-0.25, -0.2) is 0 Å². The maximum absolute atomic E-state index is 13.6. The van der Waals surface area contributed by atoms with E-state index in [0.29, 0.717) is 24.4 Å². The average Bonchev–Trinajstić information content (AvgIpc) is 3.41. The maximum Gasteiger partial charge on any atom is 0.243 e. The van der Waals surface area contributed by atoms with Crippen LogP contribution in [-0.2, 0) is 11.3 Å². The molecule has 3 aliphatic heterocycles. The summed E-state index contributed by atoms with van der Waals surface area (Å²) in [5.41, 5.74) is 0.843. The molecule has 1 amide bonds. The quantitative estimate of drug-likeness (QED) is 0.825. The highest BCUT2D eigenvalue weighted by Crippen LogP contribution is 2.56. The highest BCUT2D eigenvalue weighted by Gasteiger charge is 2.65. The minimum atomic E-state index is -0.253. The molecule has 1 aromatic carbocycles. The molecule has 5 heteroatoms. The third-order valence-electron chi connectivity index (χ3n) is 6.55. The molecular weight excluding hydrogens is 344 g/mol. The van der Waals surface area contributed by atoms with Crippen molar-refractivity contribution in [3.8, 4) is 5.75 Å².